The number of carbonyl (C=O) groups is 1. The number of nitrogens with one attached hydrogen (secondary N) is 1. The third kappa shape index (κ3) is 2.61. The number of aromatic carboxylic acids is 1. The number of carboxylic acid groups (broad SMARTS) is 1. The van der Waals surface area contributed by atoms with E-state index < -0.39 is 5.97 Å². The van der Waals surface area contributed by atoms with Gasteiger partial charge in [-0.15, -0.1) is 0 Å². The van der Waals surface area contributed by atoms with Crippen LogP contribution in [-0.2, 0) is 0 Å². The highest BCUT2D eigenvalue weighted by molar-refractivity contribution is 5.84. The van der Waals surface area contributed by atoms with Crippen molar-refractivity contribution in [2.45, 2.75) is 25.8 Å². The third-order valence-electron chi connectivity index (χ3n) is 3.18. The Morgan fingerprint density at radius 1 is 1.53 bits per heavy atom. The van der Waals surface area contributed by atoms with Gasteiger partial charge in [-0.3, -0.25) is 0 Å². The second-order valence-electron chi connectivity index (χ2n) is 4.21. The van der Waals surface area contributed by atoms with Crippen LogP contribution in [0.25, 0.3) is 0 Å². The first-order valence-electron chi connectivity index (χ1n) is 6.03. The Morgan fingerprint density at radius 3 is 2.76 bits per heavy atom. The molecule has 94 valence electrons. The van der Waals surface area contributed by atoms with Gasteiger partial charge in [0.2, 0.25) is 5.76 Å². The molecule has 1 fully saturated rings. The van der Waals surface area contributed by atoms with E-state index in [1.807, 2.05) is 0 Å². The summed E-state index contributed by atoms with van der Waals surface area (Å²) < 4.78 is 5.36. The van der Waals surface area contributed by atoms with Crippen molar-refractivity contribution in [2.75, 3.05) is 24.5 Å². The number of nitrogens with zero attached hydrogens (tertiary/aromatic N) is 1. The zero-order valence-corrected chi connectivity index (χ0v) is 9.98. The average Bonchev–Trinajstić information content (AvgIpc) is 2.81. The molecule has 5 nitrogen and oxygen atoms in total. The quantitative estimate of drug-likeness (QED) is 0.833. The predicted molar refractivity (Wildman–Crippen MR) is 64.6 cm³/mol. The standard InChI is InChI=1S/C12H18N2O3/c1-2-14(9-5-7-13-8-6-9)11-4-3-10(17-11)12(15)16/h3-4,9,13H,2,5-8H2,1H3,(H,15,16). The van der Waals surface area contributed by atoms with Gasteiger partial charge in [0.05, 0.1) is 0 Å². The molecular weight excluding hydrogens is 220 g/mol. The molecule has 1 aromatic heterocycles. The van der Waals surface area contributed by atoms with Crippen LogP contribution in [0.3, 0.4) is 0 Å². The maximum atomic E-state index is 10.8. The van der Waals surface area contributed by atoms with Crippen LogP contribution in [0.15, 0.2) is 16.5 Å². The van der Waals surface area contributed by atoms with Crippen molar-refractivity contribution in [2.24, 2.45) is 0 Å². The molecule has 1 aliphatic rings. The predicted octanol–water partition coefficient (Wildman–Crippen LogP) is 1.56. The van der Waals surface area contributed by atoms with Crippen molar-refractivity contribution in [3.63, 3.8) is 0 Å². The number of hydrogen-bond donors (Lipinski definition) is 2. The summed E-state index contributed by atoms with van der Waals surface area (Å²) >= 11 is 0. The number of furan rings is 1. The largest absolute Gasteiger partial charge is 0.475 e. The van der Waals surface area contributed by atoms with E-state index in [4.69, 9.17) is 9.52 Å². The Labute approximate surface area is 100 Å². The maximum absolute atomic E-state index is 10.8. The smallest absolute Gasteiger partial charge is 0.371 e. The highest BCUT2D eigenvalue weighted by atomic mass is 16.4. The van der Waals surface area contributed by atoms with Crippen molar-refractivity contribution in [3.05, 3.63) is 17.9 Å². The Bertz CT molecular complexity index is 383. The minimum absolute atomic E-state index is 0.00684. The van der Waals surface area contributed by atoms with Gasteiger partial charge in [0.25, 0.3) is 0 Å². The lowest BCUT2D eigenvalue weighted by Gasteiger charge is -2.33. The lowest BCUT2D eigenvalue weighted by molar-refractivity contribution is 0.0663. The SMILES string of the molecule is CCN(c1ccc(C(=O)O)o1)C1CCNCC1. The van der Waals surface area contributed by atoms with E-state index in [-0.39, 0.29) is 5.76 Å². The van der Waals surface area contributed by atoms with E-state index in [2.05, 4.69) is 17.1 Å². The molecule has 2 heterocycles. The second kappa shape index (κ2) is 5.23. The second-order valence-corrected chi connectivity index (χ2v) is 4.21. The molecule has 0 aromatic carbocycles. The van der Waals surface area contributed by atoms with Crippen LogP contribution in [0.4, 0.5) is 5.88 Å². The lowest BCUT2D eigenvalue weighted by Crippen LogP contribution is -2.43. The molecule has 17 heavy (non-hydrogen) atoms. The molecule has 0 amide bonds. The van der Waals surface area contributed by atoms with Gasteiger partial charge in [0.1, 0.15) is 0 Å². The number of hydrogen-bond acceptors (Lipinski definition) is 4. The summed E-state index contributed by atoms with van der Waals surface area (Å²) in [6, 6.07) is 3.70. The minimum Gasteiger partial charge on any atom is -0.475 e. The molecule has 0 radical (unpaired) electrons. The number of anilines is 1. The van der Waals surface area contributed by atoms with E-state index in [9.17, 15) is 4.79 Å². The van der Waals surface area contributed by atoms with Crippen molar-refractivity contribution in [1.29, 1.82) is 0 Å². The fourth-order valence-corrected chi connectivity index (χ4v) is 2.31. The van der Waals surface area contributed by atoms with Crippen molar-refractivity contribution in [1.82, 2.24) is 5.32 Å². The Kier molecular flexibility index (Phi) is 3.68. The Balaban J connectivity index is 2.12. The zero-order valence-electron chi connectivity index (χ0n) is 9.98. The summed E-state index contributed by atoms with van der Waals surface area (Å²) in [6.07, 6.45) is 2.13. The summed E-state index contributed by atoms with van der Waals surface area (Å²) in [6.45, 7) is 4.91. The minimum atomic E-state index is -1.02. The molecule has 0 aliphatic carbocycles. The topological polar surface area (TPSA) is 65.7 Å². The van der Waals surface area contributed by atoms with Gasteiger partial charge >= 0.3 is 5.97 Å². The number of carboxylic acids is 1. The lowest BCUT2D eigenvalue weighted by atomic mass is 10.1. The summed E-state index contributed by atoms with van der Waals surface area (Å²) in [7, 11) is 0. The van der Waals surface area contributed by atoms with Gasteiger partial charge in [-0.1, -0.05) is 0 Å². The molecule has 2 rings (SSSR count). The molecule has 0 atom stereocenters. The molecule has 5 heteroatoms. The van der Waals surface area contributed by atoms with E-state index in [1.165, 1.54) is 6.07 Å². The first kappa shape index (κ1) is 12.0. The van der Waals surface area contributed by atoms with Crippen LogP contribution >= 0.6 is 0 Å². The molecular formula is C12H18N2O3. The van der Waals surface area contributed by atoms with Crippen LogP contribution in [0, 0.1) is 0 Å². The summed E-state index contributed by atoms with van der Waals surface area (Å²) in [5, 5.41) is 12.2. The van der Waals surface area contributed by atoms with Gasteiger partial charge in [-0.05, 0) is 38.9 Å². The van der Waals surface area contributed by atoms with Gasteiger partial charge in [0, 0.05) is 18.7 Å². The molecule has 0 unspecified atom stereocenters. The zero-order chi connectivity index (χ0) is 12.3. The van der Waals surface area contributed by atoms with Gasteiger partial charge in [-0.25, -0.2) is 4.79 Å². The molecule has 2 N–H and O–H groups in total. The fourth-order valence-electron chi connectivity index (χ4n) is 2.31. The van der Waals surface area contributed by atoms with Crippen LogP contribution < -0.4 is 10.2 Å². The molecule has 1 saturated heterocycles. The Hall–Kier alpha value is -1.49. The fraction of sp³-hybridized carbons (Fsp3) is 0.583. The molecule has 1 aromatic rings. The summed E-state index contributed by atoms with van der Waals surface area (Å²) in [4.78, 5) is 12.9. The average molecular weight is 238 g/mol. The van der Waals surface area contributed by atoms with Gasteiger partial charge in [0.15, 0.2) is 5.88 Å². The van der Waals surface area contributed by atoms with E-state index in [0.717, 1.165) is 32.5 Å². The van der Waals surface area contributed by atoms with Crippen molar-refractivity contribution in [3.8, 4) is 0 Å². The number of piperidine rings is 1. The summed E-state index contributed by atoms with van der Waals surface area (Å²) in [5.41, 5.74) is 0. The van der Waals surface area contributed by atoms with Crippen LogP contribution in [0.1, 0.15) is 30.3 Å². The highest BCUT2D eigenvalue weighted by Gasteiger charge is 2.23. The van der Waals surface area contributed by atoms with Crippen LogP contribution in [0.5, 0.6) is 0 Å². The monoisotopic (exact) mass is 238 g/mol. The van der Waals surface area contributed by atoms with Crippen molar-refractivity contribution < 1.29 is 14.3 Å². The Morgan fingerprint density at radius 2 is 2.24 bits per heavy atom. The van der Waals surface area contributed by atoms with Gasteiger partial charge < -0.3 is 19.7 Å². The third-order valence-corrected chi connectivity index (χ3v) is 3.18. The maximum Gasteiger partial charge on any atom is 0.371 e. The first-order chi connectivity index (χ1) is 8.22. The normalized spacial score (nSPS) is 17.0. The highest BCUT2D eigenvalue weighted by Crippen LogP contribution is 2.24. The molecule has 0 bridgehead atoms. The number of rotatable bonds is 4. The molecule has 1 aliphatic heterocycles. The van der Waals surface area contributed by atoms with Crippen LogP contribution in [-0.4, -0.2) is 36.8 Å². The van der Waals surface area contributed by atoms with Crippen LogP contribution in [0.2, 0.25) is 0 Å². The molecule has 0 spiro atoms. The van der Waals surface area contributed by atoms with E-state index in [1.54, 1.807) is 6.07 Å². The van der Waals surface area contributed by atoms with E-state index in [0.29, 0.717) is 11.9 Å². The first-order valence-corrected chi connectivity index (χ1v) is 6.03. The summed E-state index contributed by atoms with van der Waals surface area (Å²) in [5.74, 6) is -0.346. The van der Waals surface area contributed by atoms with E-state index >= 15 is 0 Å². The van der Waals surface area contributed by atoms with Crippen molar-refractivity contribution >= 4 is 11.9 Å². The van der Waals surface area contributed by atoms with Gasteiger partial charge in [-0.2, -0.15) is 0 Å². The molecule has 0 saturated carbocycles.